The Morgan fingerprint density at radius 2 is 2.08 bits per heavy atom. The Morgan fingerprint density at radius 1 is 1.38 bits per heavy atom. The van der Waals surface area contributed by atoms with E-state index in [-0.39, 0.29) is 18.8 Å². The van der Waals surface area contributed by atoms with Crippen LogP contribution in [0.15, 0.2) is 0 Å². The zero-order chi connectivity index (χ0) is 10.1. The van der Waals surface area contributed by atoms with E-state index < -0.39 is 0 Å². The van der Waals surface area contributed by atoms with Gasteiger partial charge in [-0.15, -0.1) is 0 Å². The summed E-state index contributed by atoms with van der Waals surface area (Å²) in [5.41, 5.74) is 0. The number of nitrogens with one attached hydrogen (secondary N) is 1. The molecule has 0 aromatic heterocycles. The first-order valence-electron chi connectivity index (χ1n) is 4.69. The molecule has 0 aliphatic carbocycles. The Labute approximate surface area is 80.2 Å². The summed E-state index contributed by atoms with van der Waals surface area (Å²) in [4.78, 5) is 0. The molecule has 0 rings (SSSR count). The van der Waals surface area contributed by atoms with Gasteiger partial charge < -0.3 is 19.9 Å². The molecule has 4 nitrogen and oxygen atoms in total. The summed E-state index contributed by atoms with van der Waals surface area (Å²) in [5.74, 6) is 0. The molecule has 0 aromatic carbocycles. The van der Waals surface area contributed by atoms with E-state index in [1.54, 1.807) is 7.11 Å². The van der Waals surface area contributed by atoms with E-state index in [1.165, 1.54) is 0 Å². The molecule has 0 aromatic rings. The zero-order valence-corrected chi connectivity index (χ0v) is 8.75. The van der Waals surface area contributed by atoms with Gasteiger partial charge in [-0.3, -0.25) is 0 Å². The second-order valence-electron chi connectivity index (χ2n) is 3.04. The van der Waals surface area contributed by atoms with Crippen LogP contribution in [0, 0.1) is 0 Å². The highest BCUT2D eigenvalue weighted by molar-refractivity contribution is 4.63. The largest absolute Gasteiger partial charge is 0.395 e. The van der Waals surface area contributed by atoms with Gasteiger partial charge >= 0.3 is 0 Å². The highest BCUT2D eigenvalue weighted by atomic mass is 16.5. The second-order valence-corrected chi connectivity index (χ2v) is 3.04. The predicted molar refractivity (Wildman–Crippen MR) is 51.8 cm³/mol. The van der Waals surface area contributed by atoms with Crippen molar-refractivity contribution in [3.05, 3.63) is 0 Å². The predicted octanol–water partition coefficient (Wildman–Crippen LogP) is 0.00830. The van der Waals surface area contributed by atoms with Crippen molar-refractivity contribution in [3.63, 3.8) is 0 Å². The molecular weight excluding hydrogens is 170 g/mol. The fraction of sp³-hybridized carbons (Fsp3) is 1.00. The van der Waals surface area contributed by atoms with Gasteiger partial charge in [0.05, 0.1) is 32.0 Å². The van der Waals surface area contributed by atoms with Crippen molar-refractivity contribution < 1.29 is 14.6 Å². The number of rotatable bonds is 8. The third-order valence-corrected chi connectivity index (χ3v) is 1.70. The molecule has 0 bridgehead atoms. The molecule has 0 heterocycles. The minimum atomic E-state index is 0.0318. The van der Waals surface area contributed by atoms with Crippen molar-refractivity contribution in [2.75, 3.05) is 33.5 Å². The van der Waals surface area contributed by atoms with Crippen LogP contribution in [0.2, 0.25) is 0 Å². The van der Waals surface area contributed by atoms with Crippen LogP contribution in [0.1, 0.15) is 13.8 Å². The van der Waals surface area contributed by atoms with E-state index in [0.29, 0.717) is 13.2 Å². The highest BCUT2D eigenvalue weighted by Crippen LogP contribution is 1.93. The molecule has 0 aliphatic rings. The second kappa shape index (κ2) is 8.44. The lowest BCUT2D eigenvalue weighted by atomic mass is 10.3. The van der Waals surface area contributed by atoms with Crippen LogP contribution in [0.4, 0.5) is 0 Å². The number of ether oxygens (including phenoxy) is 2. The molecule has 0 saturated carbocycles. The number of aliphatic hydroxyl groups is 1. The van der Waals surface area contributed by atoms with E-state index in [2.05, 4.69) is 5.32 Å². The van der Waals surface area contributed by atoms with E-state index in [4.69, 9.17) is 14.6 Å². The van der Waals surface area contributed by atoms with Gasteiger partial charge in [-0.25, -0.2) is 0 Å². The Kier molecular flexibility index (Phi) is 8.33. The normalized spacial score (nSPS) is 15.7. The first kappa shape index (κ1) is 12.8. The molecule has 2 unspecified atom stereocenters. The van der Waals surface area contributed by atoms with Crippen LogP contribution in [0.5, 0.6) is 0 Å². The first-order valence-corrected chi connectivity index (χ1v) is 4.69. The maximum absolute atomic E-state index is 8.93. The first-order chi connectivity index (χ1) is 6.24. The maximum atomic E-state index is 8.93. The van der Waals surface area contributed by atoms with Crippen LogP contribution >= 0.6 is 0 Å². The quantitative estimate of drug-likeness (QED) is 0.567. The fourth-order valence-electron chi connectivity index (χ4n) is 1.03. The summed E-state index contributed by atoms with van der Waals surface area (Å²) < 4.78 is 10.4. The Bertz CT molecular complexity index is 111. The lowest BCUT2D eigenvalue weighted by Gasteiger charge is -2.18. The van der Waals surface area contributed by atoms with Gasteiger partial charge in [0, 0.05) is 7.11 Å². The summed E-state index contributed by atoms with van der Waals surface area (Å²) in [6.07, 6.45) is 0.0812. The third-order valence-electron chi connectivity index (χ3n) is 1.70. The lowest BCUT2D eigenvalue weighted by molar-refractivity contribution is -0.00631. The van der Waals surface area contributed by atoms with Crippen LogP contribution in [-0.4, -0.2) is 50.7 Å². The molecule has 0 aliphatic heterocycles. The summed E-state index contributed by atoms with van der Waals surface area (Å²) in [5, 5.41) is 12.0. The highest BCUT2D eigenvalue weighted by Gasteiger charge is 2.08. The van der Waals surface area contributed by atoms with Gasteiger partial charge in [-0.1, -0.05) is 6.92 Å². The van der Waals surface area contributed by atoms with Gasteiger partial charge in [0.25, 0.3) is 0 Å². The molecule has 0 saturated heterocycles. The minimum absolute atomic E-state index is 0.0318. The number of hydrogen-bond acceptors (Lipinski definition) is 4. The Balaban J connectivity index is 3.46. The summed E-state index contributed by atoms with van der Waals surface area (Å²) in [6, 6.07) is 0.0318. The molecule has 0 amide bonds. The monoisotopic (exact) mass is 191 g/mol. The molecule has 0 radical (unpaired) electrons. The average molecular weight is 191 g/mol. The van der Waals surface area contributed by atoms with Gasteiger partial charge in [0.2, 0.25) is 0 Å². The third kappa shape index (κ3) is 6.95. The van der Waals surface area contributed by atoms with E-state index in [9.17, 15) is 0 Å². The molecule has 4 heteroatoms. The van der Waals surface area contributed by atoms with E-state index in [1.807, 2.05) is 13.8 Å². The number of hydrogen-bond donors (Lipinski definition) is 2. The number of likely N-dealkylation sites (N-methyl/N-ethyl adjacent to an activating group) is 1. The van der Waals surface area contributed by atoms with Crippen molar-refractivity contribution >= 4 is 0 Å². The SMILES string of the molecule is CCNC(CO)COC(C)COC. The standard InChI is InChI=1S/C9H21NO3/c1-4-10-9(5-11)7-13-8(2)6-12-3/h8-11H,4-7H2,1-3H3. The van der Waals surface area contributed by atoms with Gasteiger partial charge in [-0.05, 0) is 13.5 Å². The van der Waals surface area contributed by atoms with Crippen LogP contribution < -0.4 is 5.32 Å². The summed E-state index contributed by atoms with van der Waals surface area (Å²) in [6.45, 7) is 6.01. The van der Waals surface area contributed by atoms with Crippen LogP contribution in [0.25, 0.3) is 0 Å². The van der Waals surface area contributed by atoms with Crippen molar-refractivity contribution in [3.8, 4) is 0 Å². The van der Waals surface area contributed by atoms with Gasteiger partial charge in [-0.2, -0.15) is 0 Å². The molecule has 80 valence electrons. The van der Waals surface area contributed by atoms with E-state index in [0.717, 1.165) is 6.54 Å². The van der Waals surface area contributed by atoms with E-state index >= 15 is 0 Å². The smallest absolute Gasteiger partial charge is 0.0781 e. The summed E-state index contributed by atoms with van der Waals surface area (Å²) in [7, 11) is 1.65. The molecule has 2 N–H and O–H groups in total. The van der Waals surface area contributed by atoms with Crippen molar-refractivity contribution in [1.82, 2.24) is 5.32 Å². The summed E-state index contributed by atoms with van der Waals surface area (Å²) >= 11 is 0. The van der Waals surface area contributed by atoms with Gasteiger partial charge in [0.15, 0.2) is 0 Å². The zero-order valence-electron chi connectivity index (χ0n) is 8.75. The molecule has 2 atom stereocenters. The average Bonchev–Trinajstić information content (AvgIpc) is 2.12. The molecule has 0 fully saturated rings. The van der Waals surface area contributed by atoms with Crippen LogP contribution in [0.3, 0.4) is 0 Å². The number of aliphatic hydroxyl groups excluding tert-OH is 1. The maximum Gasteiger partial charge on any atom is 0.0781 e. The van der Waals surface area contributed by atoms with Crippen LogP contribution in [-0.2, 0) is 9.47 Å². The number of methoxy groups -OCH3 is 1. The molecule has 13 heavy (non-hydrogen) atoms. The topological polar surface area (TPSA) is 50.7 Å². The van der Waals surface area contributed by atoms with Crippen molar-refractivity contribution in [2.45, 2.75) is 26.0 Å². The fourth-order valence-corrected chi connectivity index (χ4v) is 1.03. The Hall–Kier alpha value is -0.160. The van der Waals surface area contributed by atoms with Crippen molar-refractivity contribution in [1.29, 1.82) is 0 Å². The van der Waals surface area contributed by atoms with Gasteiger partial charge in [0.1, 0.15) is 0 Å². The Morgan fingerprint density at radius 3 is 2.54 bits per heavy atom. The minimum Gasteiger partial charge on any atom is -0.395 e. The molecule has 0 spiro atoms. The van der Waals surface area contributed by atoms with Crippen molar-refractivity contribution in [2.24, 2.45) is 0 Å². The lowest BCUT2D eigenvalue weighted by Crippen LogP contribution is -2.38. The molecular formula is C9H21NO3.